The third-order valence-electron chi connectivity index (χ3n) is 4.59. The van der Waals surface area contributed by atoms with E-state index in [1.165, 1.54) is 23.1 Å². The van der Waals surface area contributed by atoms with E-state index < -0.39 is 17.9 Å². The molecular formula is C19H31N5O6S2. The molecule has 0 aliphatic carbocycles. The monoisotopic (exact) mass is 489 g/mol. The van der Waals surface area contributed by atoms with Crippen molar-refractivity contribution < 1.29 is 29.5 Å². The molecule has 11 nitrogen and oxygen atoms in total. The van der Waals surface area contributed by atoms with Crippen LogP contribution < -0.4 is 16.8 Å². The lowest BCUT2D eigenvalue weighted by Gasteiger charge is -2.48. The van der Waals surface area contributed by atoms with E-state index >= 15 is 0 Å². The Morgan fingerprint density at radius 2 is 2.09 bits per heavy atom. The van der Waals surface area contributed by atoms with Gasteiger partial charge in [-0.15, -0.1) is 28.7 Å². The van der Waals surface area contributed by atoms with Crippen molar-refractivity contribution in [2.75, 3.05) is 25.4 Å². The summed E-state index contributed by atoms with van der Waals surface area (Å²) in [5, 5.41) is 23.1. The minimum Gasteiger partial charge on any atom is -0.477 e. The number of thiophene rings is 1. The molecule has 2 amide bonds. The highest BCUT2D eigenvalue weighted by Crippen LogP contribution is 2.40. The molecular weight excluding hydrogens is 458 g/mol. The molecule has 0 radical (unpaired) electrons. The second kappa shape index (κ2) is 14.9. The minimum absolute atomic E-state index is 0.0447. The number of aliphatic carboxylic acids is 1. The molecule has 2 atom stereocenters. The number of β-lactam (4-membered cyclic amide) rings is 1. The van der Waals surface area contributed by atoms with Gasteiger partial charge in [0.2, 0.25) is 6.41 Å². The van der Waals surface area contributed by atoms with E-state index in [0.717, 1.165) is 18.0 Å². The molecule has 6 N–H and O–H groups in total. The number of carbonyl (C=O) groups excluding carboxylic acids is 2. The standard InChI is InChI=1S/C9H11N3O5S.C6H8S.C4H12N2O/c10-17-1-4-2-18-8-5(11-3-13)7(14)12(8)6(4)9(15)16;1-2-6-4-3-5-7-6;1-3-6(4-2)5-7/h3,5,8H,1-2,10H2,(H,11,13)(H,15,16);3-5H,2H2,1H3;5,7H,3-4H2,1-2H3. The highest BCUT2D eigenvalue weighted by atomic mass is 32.2. The SMILES string of the molecule is CCN(CC)NO.CCc1cccs1.NOCC1=C(C(=O)O)N2C(=O)C(NC=O)C2SC1. The Balaban J connectivity index is 0.000000300. The molecule has 2 aliphatic rings. The molecule has 1 aromatic rings. The molecule has 1 aromatic heterocycles. The van der Waals surface area contributed by atoms with Gasteiger partial charge in [-0.25, -0.2) is 15.7 Å². The van der Waals surface area contributed by atoms with Crippen LogP contribution in [0.2, 0.25) is 0 Å². The molecule has 0 bridgehead atoms. The summed E-state index contributed by atoms with van der Waals surface area (Å²) in [6.45, 7) is 7.71. The van der Waals surface area contributed by atoms with E-state index in [4.69, 9.17) is 16.2 Å². The maximum absolute atomic E-state index is 11.8. The van der Waals surface area contributed by atoms with Crippen molar-refractivity contribution in [3.05, 3.63) is 33.7 Å². The van der Waals surface area contributed by atoms with E-state index in [-0.39, 0.29) is 17.7 Å². The Hall–Kier alpha value is -2.00. The minimum atomic E-state index is -1.20. The van der Waals surface area contributed by atoms with Crippen molar-refractivity contribution in [2.24, 2.45) is 5.90 Å². The lowest BCUT2D eigenvalue weighted by molar-refractivity contribution is -0.149. The maximum Gasteiger partial charge on any atom is 0.352 e. The fraction of sp³-hybridized carbons (Fsp3) is 0.526. The fourth-order valence-corrected chi connectivity index (χ4v) is 4.86. The average molecular weight is 490 g/mol. The number of carboxylic acids is 1. The van der Waals surface area contributed by atoms with Gasteiger partial charge in [0.25, 0.3) is 5.91 Å². The summed E-state index contributed by atoms with van der Waals surface area (Å²) >= 11 is 3.18. The third kappa shape index (κ3) is 7.55. The first-order valence-corrected chi connectivity index (χ1v) is 11.9. The van der Waals surface area contributed by atoms with Gasteiger partial charge in [-0.1, -0.05) is 26.8 Å². The lowest BCUT2D eigenvalue weighted by atomic mass is 10.0. The van der Waals surface area contributed by atoms with E-state index in [0.29, 0.717) is 17.7 Å². The normalized spacial score (nSPS) is 19.2. The van der Waals surface area contributed by atoms with Crippen LogP contribution in [0.3, 0.4) is 0 Å². The summed E-state index contributed by atoms with van der Waals surface area (Å²) in [5.74, 6) is 3.68. The van der Waals surface area contributed by atoms with Crippen LogP contribution in [0.1, 0.15) is 25.6 Å². The number of nitrogens with two attached hydrogens (primary N) is 1. The summed E-state index contributed by atoms with van der Waals surface area (Å²) < 4.78 is 0. The number of thioether (sulfide) groups is 1. The molecule has 0 aromatic carbocycles. The quantitative estimate of drug-likeness (QED) is 0.191. The van der Waals surface area contributed by atoms with Crippen LogP contribution in [0.25, 0.3) is 0 Å². The molecule has 13 heteroatoms. The lowest BCUT2D eigenvalue weighted by Crippen LogP contribution is -2.69. The Morgan fingerprint density at radius 1 is 1.41 bits per heavy atom. The first-order valence-electron chi connectivity index (χ1n) is 9.98. The van der Waals surface area contributed by atoms with Crippen molar-refractivity contribution in [1.82, 2.24) is 20.8 Å². The Morgan fingerprint density at radius 3 is 2.47 bits per heavy atom. The average Bonchev–Trinajstić information content (AvgIpc) is 3.33. The zero-order valence-electron chi connectivity index (χ0n) is 18.3. The van der Waals surface area contributed by atoms with Gasteiger partial charge in [0.05, 0.1) is 6.61 Å². The number of carbonyl (C=O) groups is 3. The predicted molar refractivity (Wildman–Crippen MR) is 122 cm³/mol. The molecule has 32 heavy (non-hydrogen) atoms. The third-order valence-corrected chi connectivity index (χ3v) is 6.95. The van der Waals surface area contributed by atoms with E-state index in [2.05, 4.69) is 34.6 Å². The van der Waals surface area contributed by atoms with Gasteiger partial charge in [-0.05, 0) is 23.4 Å². The summed E-state index contributed by atoms with van der Waals surface area (Å²) in [4.78, 5) is 40.4. The maximum atomic E-state index is 11.8. The first-order chi connectivity index (χ1) is 15.4. The predicted octanol–water partition coefficient (Wildman–Crippen LogP) is 0.778. The number of hydrogen-bond acceptors (Lipinski definition) is 10. The zero-order valence-corrected chi connectivity index (χ0v) is 19.9. The van der Waals surface area contributed by atoms with Crippen LogP contribution in [0.4, 0.5) is 0 Å². The number of aryl methyl sites for hydroxylation is 1. The van der Waals surface area contributed by atoms with Crippen LogP contribution in [-0.4, -0.2) is 75.4 Å². The van der Waals surface area contributed by atoms with Crippen LogP contribution in [-0.2, 0) is 25.6 Å². The summed E-state index contributed by atoms with van der Waals surface area (Å²) in [5.41, 5.74) is 2.38. The van der Waals surface area contributed by atoms with Crippen molar-refractivity contribution >= 4 is 41.4 Å². The zero-order chi connectivity index (χ0) is 24.1. The second-order valence-electron chi connectivity index (χ2n) is 6.45. The van der Waals surface area contributed by atoms with Crippen LogP contribution in [0.15, 0.2) is 28.8 Å². The second-order valence-corrected chi connectivity index (χ2v) is 8.58. The number of rotatable bonds is 9. The molecule has 1 fully saturated rings. The van der Waals surface area contributed by atoms with E-state index in [1.54, 1.807) is 5.01 Å². The van der Waals surface area contributed by atoms with E-state index in [9.17, 15) is 14.4 Å². The van der Waals surface area contributed by atoms with Crippen LogP contribution >= 0.6 is 23.1 Å². The summed E-state index contributed by atoms with van der Waals surface area (Å²) in [7, 11) is 0. The highest BCUT2D eigenvalue weighted by Gasteiger charge is 2.53. The number of nitrogens with one attached hydrogen (secondary N) is 2. The molecule has 3 heterocycles. The van der Waals surface area contributed by atoms with Crippen molar-refractivity contribution in [3.63, 3.8) is 0 Å². The van der Waals surface area contributed by atoms with Gasteiger partial charge in [-0.2, -0.15) is 0 Å². The molecule has 2 aliphatic heterocycles. The van der Waals surface area contributed by atoms with Gasteiger partial charge < -0.3 is 20.5 Å². The smallest absolute Gasteiger partial charge is 0.352 e. The van der Waals surface area contributed by atoms with Crippen molar-refractivity contribution in [1.29, 1.82) is 0 Å². The number of fused-ring (bicyclic) bond motifs is 1. The van der Waals surface area contributed by atoms with Gasteiger partial charge in [0, 0.05) is 23.7 Å². The van der Waals surface area contributed by atoms with E-state index in [1.807, 2.05) is 30.8 Å². The van der Waals surface area contributed by atoms with Gasteiger partial charge >= 0.3 is 5.97 Å². The van der Waals surface area contributed by atoms with Crippen LogP contribution in [0, 0.1) is 0 Å². The van der Waals surface area contributed by atoms with Gasteiger partial charge in [0.15, 0.2) is 0 Å². The summed E-state index contributed by atoms with van der Waals surface area (Å²) in [6.07, 6.45) is 1.61. The Kier molecular flexibility index (Phi) is 13.1. The topological polar surface area (TPSA) is 157 Å². The molecule has 1 saturated heterocycles. The first kappa shape index (κ1) is 28.0. The molecule has 2 unspecified atom stereocenters. The molecule has 180 valence electrons. The number of hydrogen-bond donors (Lipinski definition) is 5. The van der Waals surface area contributed by atoms with Crippen LogP contribution in [0.5, 0.6) is 0 Å². The number of nitrogens with zero attached hydrogens (tertiary/aromatic N) is 2. The largest absolute Gasteiger partial charge is 0.477 e. The molecule has 0 saturated carbocycles. The fourth-order valence-electron chi connectivity index (χ4n) is 2.87. The van der Waals surface area contributed by atoms with Gasteiger partial charge in [0.1, 0.15) is 17.1 Å². The number of carboxylic acid groups (broad SMARTS) is 1. The Labute approximate surface area is 195 Å². The highest BCUT2D eigenvalue weighted by molar-refractivity contribution is 8.00. The summed E-state index contributed by atoms with van der Waals surface area (Å²) in [6, 6.07) is 3.58. The van der Waals surface area contributed by atoms with Gasteiger partial charge in [-0.3, -0.25) is 14.5 Å². The van der Waals surface area contributed by atoms with Crippen molar-refractivity contribution in [3.8, 4) is 0 Å². The molecule has 3 rings (SSSR count). The van der Waals surface area contributed by atoms with Crippen molar-refractivity contribution in [2.45, 2.75) is 38.6 Å². The Bertz CT molecular complexity index is 752. The number of hydrazine groups is 1. The number of amides is 2. The molecule has 0 spiro atoms.